The molecule has 0 spiro atoms. The molecule has 2 aliphatic rings. The minimum absolute atomic E-state index is 0.169. The van der Waals surface area contributed by atoms with Gasteiger partial charge in [0.05, 0.1) is 17.6 Å². The van der Waals surface area contributed by atoms with Crippen LogP contribution in [0.2, 0.25) is 0 Å². The molecule has 0 fully saturated rings. The van der Waals surface area contributed by atoms with Gasteiger partial charge in [0.15, 0.2) is 0 Å². The van der Waals surface area contributed by atoms with E-state index in [-0.39, 0.29) is 6.17 Å². The van der Waals surface area contributed by atoms with Crippen LogP contribution in [-0.4, -0.2) is 16.7 Å². The van der Waals surface area contributed by atoms with Crippen molar-refractivity contribution in [2.75, 3.05) is 0 Å². The van der Waals surface area contributed by atoms with E-state index < -0.39 is 5.91 Å². The van der Waals surface area contributed by atoms with Gasteiger partial charge in [-0.1, -0.05) is 48.5 Å². The number of nitrogens with one attached hydrogen (secondary N) is 3. The van der Waals surface area contributed by atoms with Crippen LogP contribution < -0.4 is 16.4 Å². The highest BCUT2D eigenvalue weighted by Gasteiger charge is 2.29. The zero-order valence-electron chi connectivity index (χ0n) is 16.7. The average Bonchev–Trinajstić information content (AvgIpc) is 3.35. The van der Waals surface area contributed by atoms with E-state index in [9.17, 15) is 4.79 Å². The number of hydrogen-bond donors (Lipinski definition) is 4. The minimum Gasteiger partial charge on any atom is -0.366 e. The molecule has 5 rings (SSSR count). The number of fused-ring (bicyclic) bond motifs is 1. The lowest BCUT2D eigenvalue weighted by atomic mass is 10.0. The second-order valence-corrected chi connectivity index (χ2v) is 7.63. The highest BCUT2D eigenvalue weighted by molar-refractivity contribution is 6.06. The van der Waals surface area contributed by atoms with Crippen LogP contribution in [-0.2, 0) is 6.54 Å². The van der Waals surface area contributed by atoms with Crippen LogP contribution in [0, 0.1) is 6.92 Å². The van der Waals surface area contributed by atoms with E-state index in [1.165, 1.54) is 11.1 Å². The molecular formula is C24H23N5O. The summed E-state index contributed by atoms with van der Waals surface area (Å²) < 4.78 is 0. The molecule has 1 aliphatic carbocycles. The van der Waals surface area contributed by atoms with Gasteiger partial charge in [-0.15, -0.1) is 0 Å². The number of aryl methyl sites for hydroxylation is 1. The number of amides is 1. The van der Waals surface area contributed by atoms with Gasteiger partial charge in [-0.05, 0) is 31.1 Å². The molecule has 30 heavy (non-hydrogen) atoms. The number of primary amides is 1. The molecule has 1 amide bonds. The Labute approximate surface area is 174 Å². The lowest BCUT2D eigenvalue weighted by Gasteiger charge is -2.30. The summed E-state index contributed by atoms with van der Waals surface area (Å²) in [5.74, 6) is 0.467. The maximum absolute atomic E-state index is 11.9. The van der Waals surface area contributed by atoms with Gasteiger partial charge in [-0.3, -0.25) is 9.79 Å². The monoisotopic (exact) mass is 397 g/mol. The fourth-order valence-electron chi connectivity index (χ4n) is 4.26. The first-order valence-corrected chi connectivity index (χ1v) is 10.0. The zero-order valence-corrected chi connectivity index (χ0v) is 16.7. The van der Waals surface area contributed by atoms with E-state index in [1.54, 1.807) is 6.07 Å². The third-order valence-corrected chi connectivity index (χ3v) is 5.69. The van der Waals surface area contributed by atoms with Crippen LogP contribution in [0.15, 0.2) is 76.9 Å². The standard InChI is InChI=1S/C24H23N5O/c1-14-20(17-10-5-11-18(22(25)30)21(17)27-14)24-28-19-12-6-9-16(19)23(29-24)26-13-15-7-3-2-4-8-15/h2-8,10-12,24,27-28H,9,13H2,1H3,(H2,25,30)(H,26,29). The number of aliphatic imine (C=N–C) groups is 1. The maximum Gasteiger partial charge on any atom is 0.250 e. The van der Waals surface area contributed by atoms with Crippen molar-refractivity contribution in [2.24, 2.45) is 10.7 Å². The van der Waals surface area contributed by atoms with Crippen molar-refractivity contribution in [3.63, 3.8) is 0 Å². The maximum atomic E-state index is 11.9. The third-order valence-electron chi connectivity index (χ3n) is 5.69. The van der Waals surface area contributed by atoms with Gasteiger partial charge >= 0.3 is 0 Å². The average molecular weight is 397 g/mol. The van der Waals surface area contributed by atoms with E-state index in [2.05, 4.69) is 39.9 Å². The number of H-pyrrole nitrogens is 1. The zero-order chi connectivity index (χ0) is 20.7. The van der Waals surface area contributed by atoms with Crippen LogP contribution in [0.3, 0.4) is 0 Å². The summed E-state index contributed by atoms with van der Waals surface area (Å²) in [6.07, 6.45) is 4.94. The first kappa shape index (κ1) is 18.2. The predicted octanol–water partition coefficient (Wildman–Crippen LogP) is 3.58. The predicted molar refractivity (Wildman–Crippen MR) is 119 cm³/mol. The number of amidine groups is 1. The van der Waals surface area contributed by atoms with Crippen molar-refractivity contribution in [1.82, 2.24) is 15.6 Å². The second-order valence-electron chi connectivity index (χ2n) is 7.63. The molecule has 2 heterocycles. The second kappa shape index (κ2) is 7.22. The van der Waals surface area contributed by atoms with Crippen molar-refractivity contribution in [3.8, 4) is 0 Å². The van der Waals surface area contributed by atoms with Crippen LogP contribution >= 0.6 is 0 Å². The molecule has 0 saturated carbocycles. The number of aromatic amines is 1. The summed E-state index contributed by atoms with van der Waals surface area (Å²) in [5.41, 5.74) is 12.3. The Morgan fingerprint density at radius 1 is 1.13 bits per heavy atom. The number of hydrogen-bond acceptors (Lipinski definition) is 3. The molecule has 0 saturated heterocycles. The summed E-state index contributed by atoms with van der Waals surface area (Å²) in [4.78, 5) is 20.1. The first-order chi connectivity index (χ1) is 14.6. The Kier molecular flexibility index (Phi) is 4.39. The van der Waals surface area contributed by atoms with Gasteiger partial charge in [0, 0.05) is 27.9 Å². The van der Waals surface area contributed by atoms with Gasteiger partial charge in [-0.2, -0.15) is 0 Å². The lowest BCUT2D eigenvalue weighted by molar-refractivity contribution is 0.100. The van der Waals surface area contributed by atoms with Crippen molar-refractivity contribution < 1.29 is 4.79 Å². The Hall–Kier alpha value is -3.80. The smallest absolute Gasteiger partial charge is 0.250 e. The third kappa shape index (κ3) is 3.06. The molecule has 5 N–H and O–H groups in total. The van der Waals surface area contributed by atoms with Crippen molar-refractivity contribution in [1.29, 1.82) is 0 Å². The fourth-order valence-corrected chi connectivity index (χ4v) is 4.26. The van der Waals surface area contributed by atoms with E-state index in [4.69, 9.17) is 10.7 Å². The summed E-state index contributed by atoms with van der Waals surface area (Å²) in [5, 5.41) is 8.15. The number of carbonyl (C=O) groups is 1. The SMILES string of the molecule is Cc1[nH]c2c(C(N)=O)cccc2c1C1NC(=NCc2ccccc2)C2=C(C=CC2)N1. The number of para-hydroxylation sites is 1. The number of allylic oxidation sites excluding steroid dienone is 2. The lowest BCUT2D eigenvalue weighted by Crippen LogP contribution is -2.43. The van der Waals surface area contributed by atoms with Crippen LogP contribution in [0.4, 0.5) is 0 Å². The number of benzene rings is 2. The summed E-state index contributed by atoms with van der Waals surface area (Å²) >= 11 is 0. The van der Waals surface area contributed by atoms with Gasteiger partial charge in [0.1, 0.15) is 12.0 Å². The molecule has 1 unspecified atom stereocenters. The molecule has 1 aliphatic heterocycles. The van der Waals surface area contributed by atoms with E-state index in [0.717, 1.165) is 40.1 Å². The van der Waals surface area contributed by atoms with E-state index >= 15 is 0 Å². The summed E-state index contributed by atoms with van der Waals surface area (Å²) in [7, 11) is 0. The quantitative estimate of drug-likeness (QED) is 0.542. The molecule has 0 bridgehead atoms. The van der Waals surface area contributed by atoms with Crippen LogP contribution in [0.5, 0.6) is 0 Å². The van der Waals surface area contributed by atoms with Crippen molar-refractivity contribution in [2.45, 2.75) is 26.1 Å². The molecule has 6 heteroatoms. The van der Waals surface area contributed by atoms with Gasteiger partial charge in [-0.25, -0.2) is 0 Å². The normalized spacial score (nSPS) is 19.1. The van der Waals surface area contributed by atoms with E-state index in [0.29, 0.717) is 12.1 Å². The number of rotatable bonds is 4. The molecular weight excluding hydrogens is 374 g/mol. The Morgan fingerprint density at radius 2 is 1.97 bits per heavy atom. The number of nitrogens with zero attached hydrogens (tertiary/aromatic N) is 1. The van der Waals surface area contributed by atoms with Crippen LogP contribution in [0.25, 0.3) is 10.9 Å². The van der Waals surface area contributed by atoms with Gasteiger partial charge in [0.2, 0.25) is 0 Å². The number of carbonyl (C=O) groups excluding carboxylic acids is 1. The largest absolute Gasteiger partial charge is 0.366 e. The Balaban J connectivity index is 1.55. The highest BCUT2D eigenvalue weighted by atomic mass is 16.1. The number of aromatic nitrogens is 1. The molecule has 1 atom stereocenters. The molecule has 1 aromatic heterocycles. The molecule has 6 nitrogen and oxygen atoms in total. The molecule has 2 aromatic carbocycles. The number of nitrogens with two attached hydrogens (primary N) is 1. The molecule has 3 aromatic rings. The summed E-state index contributed by atoms with van der Waals surface area (Å²) in [6.45, 7) is 2.63. The molecule has 0 radical (unpaired) electrons. The minimum atomic E-state index is -0.438. The van der Waals surface area contributed by atoms with Gasteiger partial charge in [0.25, 0.3) is 5.91 Å². The fraction of sp³-hybridized carbons (Fsp3) is 0.167. The van der Waals surface area contributed by atoms with Crippen molar-refractivity contribution >= 4 is 22.6 Å². The van der Waals surface area contributed by atoms with E-state index in [1.807, 2.05) is 37.3 Å². The Morgan fingerprint density at radius 3 is 2.77 bits per heavy atom. The first-order valence-electron chi connectivity index (χ1n) is 10.0. The topological polar surface area (TPSA) is 95.3 Å². The summed E-state index contributed by atoms with van der Waals surface area (Å²) in [6, 6.07) is 15.9. The van der Waals surface area contributed by atoms with Crippen LogP contribution in [0.1, 0.15) is 39.8 Å². The Bertz CT molecular complexity index is 1230. The van der Waals surface area contributed by atoms with Crippen molar-refractivity contribution in [3.05, 3.63) is 94.3 Å². The highest BCUT2D eigenvalue weighted by Crippen LogP contribution is 2.33. The van der Waals surface area contributed by atoms with Gasteiger partial charge < -0.3 is 21.4 Å². The molecule has 150 valence electrons.